The summed E-state index contributed by atoms with van der Waals surface area (Å²) in [6, 6.07) is 7.03. The van der Waals surface area contributed by atoms with Crippen LogP contribution in [-0.4, -0.2) is 47.4 Å². The van der Waals surface area contributed by atoms with Gasteiger partial charge in [0.2, 0.25) is 5.91 Å². The minimum Gasteiger partial charge on any atom is -0.481 e. The Morgan fingerprint density at radius 3 is 2.42 bits per heavy atom. The van der Waals surface area contributed by atoms with Crippen LogP contribution in [0, 0.1) is 5.41 Å². The van der Waals surface area contributed by atoms with Gasteiger partial charge in [-0.15, -0.1) is 0 Å². The minimum absolute atomic E-state index is 0.122. The highest BCUT2D eigenvalue weighted by Crippen LogP contribution is 2.31. The van der Waals surface area contributed by atoms with Crippen molar-refractivity contribution in [1.82, 2.24) is 4.90 Å². The number of amides is 2. The molecule has 1 aromatic rings. The predicted molar refractivity (Wildman–Crippen MR) is 88.9 cm³/mol. The number of carbonyl (C=O) groups excluding carboxylic acids is 2. The lowest BCUT2D eigenvalue weighted by atomic mass is 9.90. The van der Waals surface area contributed by atoms with E-state index >= 15 is 0 Å². The first-order valence-electron chi connectivity index (χ1n) is 8.34. The largest absolute Gasteiger partial charge is 0.481 e. The molecule has 6 nitrogen and oxygen atoms in total. The second kappa shape index (κ2) is 6.26. The molecule has 0 radical (unpaired) electrons. The molecule has 24 heavy (non-hydrogen) atoms. The van der Waals surface area contributed by atoms with Crippen LogP contribution in [0.25, 0.3) is 0 Å². The summed E-state index contributed by atoms with van der Waals surface area (Å²) < 4.78 is 0. The van der Waals surface area contributed by atoms with Crippen LogP contribution >= 0.6 is 0 Å². The maximum absolute atomic E-state index is 12.6. The van der Waals surface area contributed by atoms with Crippen molar-refractivity contribution in [2.24, 2.45) is 5.41 Å². The molecule has 1 atom stereocenters. The third-order valence-corrected chi connectivity index (χ3v) is 5.03. The molecular weight excluding hydrogens is 308 g/mol. The molecule has 2 heterocycles. The highest BCUT2D eigenvalue weighted by Gasteiger charge is 2.42. The molecule has 0 unspecified atom stereocenters. The van der Waals surface area contributed by atoms with Crippen LogP contribution in [0.2, 0.25) is 0 Å². The van der Waals surface area contributed by atoms with E-state index < -0.39 is 11.4 Å². The maximum atomic E-state index is 12.6. The fourth-order valence-corrected chi connectivity index (χ4v) is 3.35. The van der Waals surface area contributed by atoms with Crippen molar-refractivity contribution in [1.29, 1.82) is 0 Å². The summed E-state index contributed by atoms with van der Waals surface area (Å²) in [6.07, 6.45) is 2.97. The fraction of sp³-hybridized carbons (Fsp3) is 0.500. The lowest BCUT2D eigenvalue weighted by Gasteiger charge is -2.27. The van der Waals surface area contributed by atoms with Crippen LogP contribution in [0.3, 0.4) is 0 Å². The quantitative estimate of drug-likeness (QED) is 0.921. The number of hydrogen-bond donors (Lipinski definition) is 1. The SMILES string of the molecule is C[C@]1(C(=O)O)CCN(C(=O)c2ccc(N3CCCCC3=O)cc2)C1. The Morgan fingerprint density at radius 2 is 1.83 bits per heavy atom. The molecule has 2 aliphatic heterocycles. The molecule has 1 aromatic carbocycles. The van der Waals surface area contributed by atoms with Gasteiger partial charge in [0.1, 0.15) is 0 Å². The van der Waals surface area contributed by atoms with Crippen molar-refractivity contribution in [3.8, 4) is 0 Å². The molecule has 6 heteroatoms. The fourth-order valence-electron chi connectivity index (χ4n) is 3.35. The number of carboxylic acid groups (broad SMARTS) is 1. The van der Waals surface area contributed by atoms with E-state index in [1.165, 1.54) is 0 Å². The number of aliphatic carboxylic acids is 1. The van der Waals surface area contributed by atoms with Crippen molar-refractivity contribution in [3.05, 3.63) is 29.8 Å². The van der Waals surface area contributed by atoms with Crippen molar-refractivity contribution < 1.29 is 19.5 Å². The summed E-state index contributed by atoms with van der Waals surface area (Å²) in [5.41, 5.74) is 0.474. The monoisotopic (exact) mass is 330 g/mol. The Kier molecular flexibility index (Phi) is 4.30. The molecule has 0 bridgehead atoms. The Hall–Kier alpha value is -2.37. The molecule has 2 saturated heterocycles. The van der Waals surface area contributed by atoms with Gasteiger partial charge < -0.3 is 14.9 Å². The molecule has 128 valence electrons. The van der Waals surface area contributed by atoms with E-state index in [1.54, 1.807) is 41.0 Å². The van der Waals surface area contributed by atoms with Gasteiger partial charge in [-0.3, -0.25) is 14.4 Å². The highest BCUT2D eigenvalue weighted by atomic mass is 16.4. The van der Waals surface area contributed by atoms with Crippen molar-refractivity contribution in [2.45, 2.75) is 32.6 Å². The molecule has 2 aliphatic rings. The number of benzene rings is 1. The second-order valence-electron chi connectivity index (χ2n) is 6.89. The molecule has 0 aliphatic carbocycles. The molecule has 1 N–H and O–H groups in total. The van der Waals surface area contributed by atoms with Gasteiger partial charge in [0.25, 0.3) is 5.91 Å². The van der Waals surface area contributed by atoms with Crippen LogP contribution < -0.4 is 4.90 Å². The Bertz CT molecular complexity index is 670. The van der Waals surface area contributed by atoms with Gasteiger partial charge in [-0.1, -0.05) is 0 Å². The standard InChI is InChI=1S/C18H22N2O4/c1-18(17(23)24)9-11-19(12-18)16(22)13-5-7-14(8-6-13)20-10-3-2-4-15(20)21/h5-8H,2-4,9-12H2,1H3,(H,23,24)/t18-/m0/s1. The third kappa shape index (κ3) is 3.00. The summed E-state index contributed by atoms with van der Waals surface area (Å²) >= 11 is 0. The van der Waals surface area contributed by atoms with E-state index in [9.17, 15) is 19.5 Å². The number of carboxylic acids is 1. The first-order valence-corrected chi connectivity index (χ1v) is 8.34. The van der Waals surface area contributed by atoms with Gasteiger partial charge in [-0.25, -0.2) is 0 Å². The Morgan fingerprint density at radius 1 is 1.12 bits per heavy atom. The zero-order valence-corrected chi connectivity index (χ0v) is 13.8. The molecule has 3 rings (SSSR count). The van der Waals surface area contributed by atoms with E-state index in [2.05, 4.69) is 0 Å². The normalized spacial score (nSPS) is 24.3. The summed E-state index contributed by atoms with van der Waals surface area (Å²) in [5.74, 6) is -0.898. The predicted octanol–water partition coefficient (Wildman–Crippen LogP) is 2.14. The van der Waals surface area contributed by atoms with Crippen LogP contribution in [0.1, 0.15) is 43.0 Å². The number of nitrogens with zero attached hydrogens (tertiary/aromatic N) is 2. The molecular formula is C18H22N2O4. The van der Waals surface area contributed by atoms with Crippen molar-refractivity contribution in [2.75, 3.05) is 24.5 Å². The van der Waals surface area contributed by atoms with Gasteiger partial charge in [-0.2, -0.15) is 0 Å². The van der Waals surface area contributed by atoms with Gasteiger partial charge in [0, 0.05) is 37.3 Å². The molecule has 0 spiro atoms. The Labute approximate surface area is 141 Å². The van der Waals surface area contributed by atoms with Gasteiger partial charge in [0.05, 0.1) is 5.41 Å². The van der Waals surface area contributed by atoms with E-state index in [0.29, 0.717) is 24.9 Å². The number of anilines is 1. The molecule has 2 fully saturated rings. The number of carbonyl (C=O) groups is 3. The number of rotatable bonds is 3. The lowest BCUT2D eigenvalue weighted by molar-refractivity contribution is -0.147. The Balaban J connectivity index is 1.71. The average Bonchev–Trinajstić information content (AvgIpc) is 2.99. The summed E-state index contributed by atoms with van der Waals surface area (Å²) in [7, 11) is 0. The van der Waals surface area contributed by atoms with Gasteiger partial charge >= 0.3 is 5.97 Å². The van der Waals surface area contributed by atoms with Crippen molar-refractivity contribution >= 4 is 23.5 Å². The van der Waals surface area contributed by atoms with Crippen LogP contribution in [0.5, 0.6) is 0 Å². The third-order valence-electron chi connectivity index (χ3n) is 5.03. The second-order valence-corrected chi connectivity index (χ2v) is 6.89. The van der Waals surface area contributed by atoms with E-state index in [1.807, 2.05) is 0 Å². The molecule has 0 saturated carbocycles. The van der Waals surface area contributed by atoms with E-state index in [-0.39, 0.29) is 18.4 Å². The number of piperidine rings is 1. The van der Waals surface area contributed by atoms with Gasteiger partial charge in [-0.05, 0) is 50.5 Å². The minimum atomic E-state index is -0.865. The first-order chi connectivity index (χ1) is 11.4. The smallest absolute Gasteiger partial charge is 0.311 e. The van der Waals surface area contributed by atoms with Crippen LogP contribution in [0.15, 0.2) is 24.3 Å². The van der Waals surface area contributed by atoms with Crippen LogP contribution in [-0.2, 0) is 9.59 Å². The van der Waals surface area contributed by atoms with Gasteiger partial charge in [0.15, 0.2) is 0 Å². The molecule has 2 amide bonds. The van der Waals surface area contributed by atoms with Crippen LogP contribution in [0.4, 0.5) is 5.69 Å². The summed E-state index contributed by atoms with van der Waals surface area (Å²) in [6.45, 7) is 3.07. The number of hydrogen-bond acceptors (Lipinski definition) is 3. The lowest BCUT2D eigenvalue weighted by Crippen LogP contribution is -2.35. The number of likely N-dealkylation sites (tertiary alicyclic amines) is 1. The average molecular weight is 330 g/mol. The highest BCUT2D eigenvalue weighted by molar-refractivity contribution is 5.97. The topological polar surface area (TPSA) is 77.9 Å². The summed E-state index contributed by atoms with van der Waals surface area (Å²) in [4.78, 5) is 39.2. The zero-order chi connectivity index (χ0) is 17.3. The van der Waals surface area contributed by atoms with E-state index in [4.69, 9.17) is 0 Å². The summed E-state index contributed by atoms with van der Waals surface area (Å²) in [5, 5.41) is 9.27. The zero-order valence-electron chi connectivity index (χ0n) is 13.8. The van der Waals surface area contributed by atoms with E-state index in [0.717, 1.165) is 25.1 Å². The molecule has 0 aromatic heterocycles. The first kappa shape index (κ1) is 16.5. The van der Waals surface area contributed by atoms with Crippen molar-refractivity contribution in [3.63, 3.8) is 0 Å². The maximum Gasteiger partial charge on any atom is 0.311 e.